The summed E-state index contributed by atoms with van der Waals surface area (Å²) in [6.45, 7) is 7.40. The number of aromatic nitrogens is 3. The summed E-state index contributed by atoms with van der Waals surface area (Å²) in [7, 11) is 2.04. The Morgan fingerprint density at radius 1 is 1.29 bits per heavy atom. The number of benzene rings is 1. The van der Waals surface area contributed by atoms with Crippen LogP contribution in [-0.4, -0.2) is 53.4 Å². The van der Waals surface area contributed by atoms with Gasteiger partial charge < -0.3 is 18.9 Å². The van der Waals surface area contributed by atoms with Gasteiger partial charge in [0.05, 0.1) is 19.8 Å². The molecule has 1 aliphatic heterocycles. The lowest BCUT2D eigenvalue weighted by molar-refractivity contribution is -0.922. The Morgan fingerprint density at radius 3 is 2.92 bits per heavy atom. The van der Waals surface area contributed by atoms with Crippen molar-refractivity contribution in [2.75, 3.05) is 38.7 Å². The van der Waals surface area contributed by atoms with Crippen LogP contribution < -0.4 is 9.64 Å². The fraction of sp³-hybridized carbons (Fsp3) is 0.529. The number of hydrogen-bond acceptors (Lipinski definition) is 5. The number of hydrogen-bond donors (Lipinski definition) is 1. The van der Waals surface area contributed by atoms with Crippen molar-refractivity contribution >= 4 is 11.8 Å². The van der Waals surface area contributed by atoms with E-state index in [2.05, 4.69) is 33.8 Å². The first kappa shape index (κ1) is 17.3. The summed E-state index contributed by atoms with van der Waals surface area (Å²) in [6.07, 6.45) is 0. The fourth-order valence-corrected chi connectivity index (χ4v) is 3.43. The second-order valence-electron chi connectivity index (χ2n) is 6.01. The minimum atomic E-state index is 0.658. The molecule has 0 bridgehead atoms. The van der Waals surface area contributed by atoms with Crippen LogP contribution in [0.25, 0.3) is 0 Å². The van der Waals surface area contributed by atoms with E-state index in [9.17, 15) is 0 Å². The SMILES string of the molecule is Cc1cccc(OCCSc2nnc(C[NH+]3CCOCC3)n2C)c1. The van der Waals surface area contributed by atoms with E-state index in [0.29, 0.717) is 6.61 Å². The molecular formula is C17H25N4O2S+. The van der Waals surface area contributed by atoms with Crippen molar-refractivity contribution in [2.24, 2.45) is 7.05 Å². The molecule has 1 aliphatic rings. The van der Waals surface area contributed by atoms with Gasteiger partial charge in [0.1, 0.15) is 25.4 Å². The van der Waals surface area contributed by atoms with E-state index in [-0.39, 0.29) is 0 Å². The zero-order valence-corrected chi connectivity index (χ0v) is 15.1. The van der Waals surface area contributed by atoms with Crippen LogP contribution in [0.4, 0.5) is 0 Å². The molecule has 0 atom stereocenters. The molecule has 1 aromatic carbocycles. The van der Waals surface area contributed by atoms with E-state index in [1.54, 1.807) is 11.8 Å². The molecule has 0 aliphatic carbocycles. The fourth-order valence-electron chi connectivity index (χ4n) is 2.68. The smallest absolute Gasteiger partial charge is 0.191 e. The van der Waals surface area contributed by atoms with Crippen molar-refractivity contribution in [2.45, 2.75) is 18.6 Å². The number of rotatable bonds is 7. The van der Waals surface area contributed by atoms with E-state index in [1.165, 1.54) is 10.5 Å². The van der Waals surface area contributed by atoms with Gasteiger partial charge >= 0.3 is 0 Å². The summed E-state index contributed by atoms with van der Waals surface area (Å²) < 4.78 is 13.3. The van der Waals surface area contributed by atoms with Crippen LogP contribution >= 0.6 is 11.8 Å². The van der Waals surface area contributed by atoms with Crippen molar-refractivity contribution < 1.29 is 14.4 Å². The average Bonchev–Trinajstić information content (AvgIpc) is 2.93. The van der Waals surface area contributed by atoms with E-state index in [0.717, 1.165) is 55.3 Å². The lowest BCUT2D eigenvalue weighted by Crippen LogP contribution is -3.12. The molecule has 0 spiro atoms. The van der Waals surface area contributed by atoms with Crippen molar-refractivity contribution in [1.82, 2.24) is 14.8 Å². The van der Waals surface area contributed by atoms with Gasteiger partial charge in [0.2, 0.25) is 0 Å². The Bertz CT molecular complexity index is 656. The first-order valence-corrected chi connectivity index (χ1v) is 9.33. The number of nitrogens with zero attached hydrogens (tertiary/aromatic N) is 3. The van der Waals surface area contributed by atoms with Crippen molar-refractivity contribution in [3.05, 3.63) is 35.7 Å². The molecule has 6 nitrogen and oxygen atoms in total. The molecule has 3 rings (SSSR count). The highest BCUT2D eigenvalue weighted by Crippen LogP contribution is 2.17. The van der Waals surface area contributed by atoms with Gasteiger partial charge in [-0.25, -0.2) is 0 Å². The van der Waals surface area contributed by atoms with Gasteiger partial charge in [0.25, 0.3) is 0 Å². The van der Waals surface area contributed by atoms with Gasteiger partial charge in [-0.3, -0.25) is 0 Å². The van der Waals surface area contributed by atoms with E-state index in [1.807, 2.05) is 19.2 Å². The van der Waals surface area contributed by atoms with Gasteiger partial charge in [0.15, 0.2) is 11.0 Å². The highest BCUT2D eigenvalue weighted by Gasteiger charge is 2.18. The first-order chi connectivity index (χ1) is 11.7. The number of aryl methyl sites for hydroxylation is 1. The molecule has 0 radical (unpaired) electrons. The van der Waals surface area contributed by atoms with Crippen LogP contribution in [0.1, 0.15) is 11.4 Å². The molecule has 1 N–H and O–H groups in total. The van der Waals surface area contributed by atoms with Crippen molar-refractivity contribution in [1.29, 1.82) is 0 Å². The van der Waals surface area contributed by atoms with E-state index < -0.39 is 0 Å². The summed E-state index contributed by atoms with van der Waals surface area (Å²) in [5.41, 5.74) is 1.21. The Labute approximate surface area is 147 Å². The standard InChI is InChI=1S/C17H24N4O2S/c1-14-4-3-5-15(12-14)23-10-11-24-17-19-18-16(20(17)2)13-21-6-8-22-9-7-21/h3-5,12H,6-11,13H2,1-2H3/p+1. The monoisotopic (exact) mass is 349 g/mol. The molecular weight excluding hydrogens is 324 g/mol. The van der Waals surface area contributed by atoms with Crippen molar-refractivity contribution in [3.8, 4) is 5.75 Å². The second kappa shape index (κ2) is 8.50. The zero-order chi connectivity index (χ0) is 16.8. The highest BCUT2D eigenvalue weighted by atomic mass is 32.2. The maximum absolute atomic E-state index is 5.78. The molecule has 0 amide bonds. The molecule has 2 heterocycles. The molecule has 24 heavy (non-hydrogen) atoms. The van der Waals surface area contributed by atoms with Crippen LogP contribution in [0.3, 0.4) is 0 Å². The molecule has 130 valence electrons. The first-order valence-electron chi connectivity index (χ1n) is 8.34. The molecule has 0 saturated carbocycles. The van der Waals surface area contributed by atoms with Gasteiger partial charge in [-0.15, -0.1) is 10.2 Å². The summed E-state index contributed by atoms with van der Waals surface area (Å²) >= 11 is 1.68. The Kier molecular flexibility index (Phi) is 6.12. The number of quaternary nitrogens is 1. The van der Waals surface area contributed by atoms with Crippen LogP contribution in [0.15, 0.2) is 29.4 Å². The number of morpholine rings is 1. The lowest BCUT2D eigenvalue weighted by Gasteiger charge is -2.23. The summed E-state index contributed by atoms with van der Waals surface area (Å²) in [4.78, 5) is 1.51. The van der Waals surface area contributed by atoms with Crippen LogP contribution in [-0.2, 0) is 18.3 Å². The van der Waals surface area contributed by atoms with Gasteiger partial charge in [-0.05, 0) is 24.6 Å². The second-order valence-corrected chi connectivity index (χ2v) is 7.07. The molecule has 7 heteroatoms. The molecule has 0 unspecified atom stereocenters. The third kappa shape index (κ3) is 4.72. The lowest BCUT2D eigenvalue weighted by atomic mass is 10.2. The summed E-state index contributed by atoms with van der Waals surface area (Å²) in [5, 5.41) is 9.61. The van der Waals surface area contributed by atoms with Crippen LogP contribution in [0, 0.1) is 6.92 Å². The Morgan fingerprint density at radius 2 is 2.12 bits per heavy atom. The molecule has 1 aromatic heterocycles. The summed E-state index contributed by atoms with van der Waals surface area (Å²) in [6, 6.07) is 8.12. The highest BCUT2D eigenvalue weighted by molar-refractivity contribution is 7.99. The quantitative estimate of drug-likeness (QED) is 0.589. The van der Waals surface area contributed by atoms with Gasteiger partial charge in [0, 0.05) is 12.8 Å². The summed E-state index contributed by atoms with van der Waals surface area (Å²) in [5.74, 6) is 2.81. The van der Waals surface area contributed by atoms with Crippen LogP contribution in [0.5, 0.6) is 5.75 Å². The number of thioether (sulfide) groups is 1. The molecule has 1 fully saturated rings. The van der Waals surface area contributed by atoms with E-state index >= 15 is 0 Å². The van der Waals surface area contributed by atoms with Gasteiger partial charge in [-0.2, -0.15) is 0 Å². The maximum atomic E-state index is 5.78. The van der Waals surface area contributed by atoms with Gasteiger partial charge in [-0.1, -0.05) is 23.9 Å². The average molecular weight is 349 g/mol. The zero-order valence-electron chi connectivity index (χ0n) is 14.3. The Hall–Kier alpha value is -1.57. The predicted octanol–water partition coefficient (Wildman–Crippen LogP) is 0.710. The molecule has 2 aromatic rings. The van der Waals surface area contributed by atoms with Crippen LogP contribution in [0.2, 0.25) is 0 Å². The minimum Gasteiger partial charge on any atom is -0.493 e. The number of ether oxygens (including phenoxy) is 2. The maximum Gasteiger partial charge on any atom is 0.191 e. The van der Waals surface area contributed by atoms with E-state index in [4.69, 9.17) is 9.47 Å². The molecule has 1 saturated heterocycles. The minimum absolute atomic E-state index is 0.658. The van der Waals surface area contributed by atoms with Crippen molar-refractivity contribution in [3.63, 3.8) is 0 Å². The third-order valence-electron chi connectivity index (χ3n) is 4.11. The Balaban J connectivity index is 1.45. The predicted molar refractivity (Wildman–Crippen MR) is 93.6 cm³/mol. The normalized spacial score (nSPS) is 15.6. The third-order valence-corrected chi connectivity index (χ3v) is 5.09. The number of nitrogens with one attached hydrogen (secondary N) is 1. The topological polar surface area (TPSA) is 53.6 Å². The largest absolute Gasteiger partial charge is 0.493 e.